The topological polar surface area (TPSA) is 24.5 Å². The van der Waals surface area contributed by atoms with Gasteiger partial charge in [0.25, 0.3) is 0 Å². The average molecular weight is 280 g/mol. The Balaban J connectivity index is 1.48. The van der Waals surface area contributed by atoms with Crippen LogP contribution in [-0.2, 0) is 4.74 Å². The average Bonchev–Trinajstić information content (AvgIpc) is 2.46. The molecular weight excluding hydrogens is 248 g/mol. The molecule has 3 heteroatoms. The van der Waals surface area contributed by atoms with Crippen molar-refractivity contribution in [1.82, 2.24) is 10.2 Å². The van der Waals surface area contributed by atoms with Crippen LogP contribution in [-0.4, -0.2) is 48.8 Å². The van der Waals surface area contributed by atoms with Gasteiger partial charge in [-0.05, 0) is 77.4 Å². The highest BCUT2D eigenvalue weighted by molar-refractivity contribution is 4.97. The number of piperidine rings is 1. The van der Waals surface area contributed by atoms with E-state index >= 15 is 0 Å². The van der Waals surface area contributed by atoms with Crippen LogP contribution < -0.4 is 5.32 Å². The Morgan fingerprint density at radius 3 is 2.60 bits per heavy atom. The first-order chi connectivity index (χ1) is 9.72. The Kier molecular flexibility index (Phi) is 4.68. The van der Waals surface area contributed by atoms with E-state index in [-0.39, 0.29) is 0 Å². The summed E-state index contributed by atoms with van der Waals surface area (Å²) in [6, 6.07) is 1.49. The van der Waals surface area contributed by atoms with Crippen LogP contribution in [0.4, 0.5) is 0 Å². The van der Waals surface area contributed by atoms with Gasteiger partial charge < -0.3 is 15.0 Å². The van der Waals surface area contributed by atoms with Gasteiger partial charge in [-0.25, -0.2) is 0 Å². The summed E-state index contributed by atoms with van der Waals surface area (Å²) in [5.74, 6) is 0.878. The third kappa shape index (κ3) is 3.05. The predicted molar refractivity (Wildman–Crippen MR) is 83.0 cm³/mol. The van der Waals surface area contributed by atoms with Gasteiger partial charge >= 0.3 is 0 Å². The molecule has 2 aliphatic heterocycles. The second kappa shape index (κ2) is 6.33. The Labute approximate surface area is 124 Å². The first-order valence-corrected chi connectivity index (χ1v) is 8.84. The van der Waals surface area contributed by atoms with Crippen molar-refractivity contribution in [1.29, 1.82) is 0 Å². The molecule has 1 spiro atoms. The van der Waals surface area contributed by atoms with Crippen molar-refractivity contribution >= 4 is 0 Å². The van der Waals surface area contributed by atoms with E-state index in [9.17, 15) is 0 Å². The minimum atomic E-state index is 0.302. The molecule has 3 aliphatic rings. The minimum Gasteiger partial charge on any atom is -0.375 e. The monoisotopic (exact) mass is 280 g/mol. The van der Waals surface area contributed by atoms with Gasteiger partial charge in [-0.2, -0.15) is 0 Å². The number of rotatable bonds is 4. The molecule has 3 nitrogen and oxygen atoms in total. The molecule has 1 N–H and O–H groups in total. The van der Waals surface area contributed by atoms with E-state index in [1.807, 2.05) is 0 Å². The summed E-state index contributed by atoms with van der Waals surface area (Å²) in [7, 11) is 0. The molecule has 2 unspecified atom stereocenters. The summed E-state index contributed by atoms with van der Waals surface area (Å²) in [6.45, 7) is 9.29. The zero-order valence-corrected chi connectivity index (χ0v) is 13.4. The molecule has 3 rings (SSSR count). The molecule has 2 saturated heterocycles. The van der Waals surface area contributed by atoms with Crippen molar-refractivity contribution in [2.24, 2.45) is 5.92 Å². The number of hydrogen-bond donors (Lipinski definition) is 1. The van der Waals surface area contributed by atoms with E-state index in [1.54, 1.807) is 0 Å². The molecule has 0 radical (unpaired) electrons. The summed E-state index contributed by atoms with van der Waals surface area (Å²) in [5, 5.41) is 3.60. The summed E-state index contributed by atoms with van der Waals surface area (Å²) in [4.78, 5) is 2.78. The Morgan fingerprint density at radius 1 is 1.25 bits per heavy atom. The van der Waals surface area contributed by atoms with Crippen LogP contribution in [0.2, 0.25) is 0 Å². The minimum absolute atomic E-state index is 0.302. The SMILES string of the molecule is CCNC(C)C1CCN(C2CCOC3(CCC3)C2)CC1. The van der Waals surface area contributed by atoms with E-state index in [4.69, 9.17) is 4.74 Å². The predicted octanol–water partition coefficient (Wildman–Crippen LogP) is 2.80. The van der Waals surface area contributed by atoms with E-state index < -0.39 is 0 Å². The van der Waals surface area contributed by atoms with Crippen LogP contribution in [0.3, 0.4) is 0 Å². The fraction of sp³-hybridized carbons (Fsp3) is 1.00. The van der Waals surface area contributed by atoms with E-state index in [0.29, 0.717) is 11.6 Å². The molecule has 0 aromatic rings. The van der Waals surface area contributed by atoms with E-state index in [2.05, 4.69) is 24.1 Å². The highest BCUT2D eigenvalue weighted by Gasteiger charge is 2.44. The summed E-state index contributed by atoms with van der Waals surface area (Å²) < 4.78 is 6.08. The molecule has 1 saturated carbocycles. The lowest BCUT2D eigenvalue weighted by atomic mass is 9.73. The Morgan fingerprint density at radius 2 is 2.00 bits per heavy atom. The maximum atomic E-state index is 6.08. The molecule has 0 aromatic heterocycles. The van der Waals surface area contributed by atoms with Gasteiger partial charge in [0.15, 0.2) is 0 Å². The molecule has 0 bridgehead atoms. The second-order valence-electron chi connectivity index (χ2n) is 7.25. The van der Waals surface area contributed by atoms with Gasteiger partial charge in [-0.3, -0.25) is 0 Å². The van der Waals surface area contributed by atoms with Crippen LogP contribution in [0.5, 0.6) is 0 Å². The smallest absolute Gasteiger partial charge is 0.0697 e. The van der Waals surface area contributed by atoms with Gasteiger partial charge in [-0.1, -0.05) is 6.92 Å². The number of nitrogens with one attached hydrogen (secondary N) is 1. The van der Waals surface area contributed by atoms with Crippen molar-refractivity contribution in [3.05, 3.63) is 0 Å². The molecule has 3 fully saturated rings. The van der Waals surface area contributed by atoms with Gasteiger partial charge in [0.1, 0.15) is 0 Å². The third-order valence-corrected chi connectivity index (χ3v) is 6.06. The van der Waals surface area contributed by atoms with Crippen LogP contribution in [0.1, 0.15) is 58.8 Å². The largest absolute Gasteiger partial charge is 0.375 e. The number of hydrogen-bond acceptors (Lipinski definition) is 3. The number of ether oxygens (including phenoxy) is 1. The summed E-state index contributed by atoms with van der Waals surface area (Å²) in [6.07, 6.45) is 9.33. The summed E-state index contributed by atoms with van der Waals surface area (Å²) in [5.41, 5.74) is 0.302. The molecule has 116 valence electrons. The number of likely N-dealkylation sites (tertiary alicyclic amines) is 1. The number of nitrogens with zero attached hydrogens (tertiary/aromatic N) is 1. The Hall–Kier alpha value is -0.120. The standard InChI is InChI=1S/C17H32N2O/c1-3-18-14(2)15-5-10-19(11-6-15)16-7-12-20-17(13-16)8-4-9-17/h14-16,18H,3-13H2,1-2H3. The van der Waals surface area contributed by atoms with Gasteiger partial charge in [0.2, 0.25) is 0 Å². The first-order valence-electron chi connectivity index (χ1n) is 8.84. The maximum Gasteiger partial charge on any atom is 0.0697 e. The molecule has 1 aliphatic carbocycles. The fourth-order valence-electron chi connectivity index (χ4n) is 4.51. The van der Waals surface area contributed by atoms with Crippen molar-refractivity contribution < 1.29 is 4.74 Å². The zero-order chi connectivity index (χ0) is 14.0. The van der Waals surface area contributed by atoms with Crippen LogP contribution in [0.15, 0.2) is 0 Å². The van der Waals surface area contributed by atoms with E-state index in [1.165, 1.54) is 58.0 Å². The molecule has 0 amide bonds. The molecule has 0 aromatic carbocycles. The normalized spacial score (nSPS) is 33.0. The quantitative estimate of drug-likeness (QED) is 0.857. The lowest BCUT2D eigenvalue weighted by molar-refractivity contribution is -0.150. The van der Waals surface area contributed by atoms with Crippen LogP contribution >= 0.6 is 0 Å². The zero-order valence-electron chi connectivity index (χ0n) is 13.4. The van der Waals surface area contributed by atoms with Crippen molar-refractivity contribution in [3.63, 3.8) is 0 Å². The lowest BCUT2D eigenvalue weighted by Crippen LogP contribution is -2.54. The van der Waals surface area contributed by atoms with Crippen LogP contribution in [0.25, 0.3) is 0 Å². The molecule has 20 heavy (non-hydrogen) atoms. The van der Waals surface area contributed by atoms with Gasteiger partial charge in [0, 0.05) is 18.7 Å². The van der Waals surface area contributed by atoms with Crippen molar-refractivity contribution in [2.75, 3.05) is 26.2 Å². The second-order valence-corrected chi connectivity index (χ2v) is 7.25. The molecule has 2 atom stereocenters. The Bertz CT molecular complexity index is 308. The highest BCUT2D eigenvalue weighted by atomic mass is 16.5. The highest BCUT2D eigenvalue weighted by Crippen LogP contribution is 2.43. The summed E-state index contributed by atoms with van der Waals surface area (Å²) >= 11 is 0. The van der Waals surface area contributed by atoms with Gasteiger partial charge in [0.05, 0.1) is 5.60 Å². The molecule has 2 heterocycles. The third-order valence-electron chi connectivity index (χ3n) is 6.06. The van der Waals surface area contributed by atoms with Crippen LogP contribution in [0, 0.1) is 5.92 Å². The first kappa shape index (κ1) is 14.8. The van der Waals surface area contributed by atoms with Crippen molar-refractivity contribution in [2.45, 2.75) is 76.5 Å². The lowest BCUT2D eigenvalue weighted by Gasteiger charge is -2.50. The van der Waals surface area contributed by atoms with Crippen molar-refractivity contribution in [3.8, 4) is 0 Å². The van der Waals surface area contributed by atoms with E-state index in [0.717, 1.165) is 25.1 Å². The fourth-order valence-corrected chi connectivity index (χ4v) is 4.51. The molecular formula is C17H32N2O. The van der Waals surface area contributed by atoms with Gasteiger partial charge in [-0.15, -0.1) is 0 Å². The maximum absolute atomic E-state index is 6.08.